The molecule has 0 bridgehead atoms. The van der Waals surface area contributed by atoms with Gasteiger partial charge in [0.1, 0.15) is 5.76 Å². The zero-order chi connectivity index (χ0) is 10.9. The Labute approximate surface area is 88.6 Å². The summed E-state index contributed by atoms with van der Waals surface area (Å²) < 4.78 is 4.74. The summed E-state index contributed by atoms with van der Waals surface area (Å²) in [4.78, 5) is 10.6. The molecule has 1 aliphatic rings. The third kappa shape index (κ3) is 4.36. The fraction of sp³-hybridized carbons (Fsp3) is 0. The molecule has 2 nitrogen and oxygen atoms in total. The molecule has 1 aliphatic heterocycles. The van der Waals surface area contributed by atoms with Crippen molar-refractivity contribution in [3.63, 3.8) is 0 Å². The van der Waals surface area contributed by atoms with Gasteiger partial charge >= 0.3 is 5.97 Å². The smallest absolute Gasteiger partial charge is 0.336 e. The van der Waals surface area contributed by atoms with Crippen LogP contribution in [0, 0.1) is 23.7 Å². The van der Waals surface area contributed by atoms with E-state index in [1.54, 1.807) is 24.3 Å². The van der Waals surface area contributed by atoms with Crippen LogP contribution in [0.5, 0.6) is 0 Å². The Morgan fingerprint density at radius 3 is 2.73 bits per heavy atom. The van der Waals surface area contributed by atoms with Crippen LogP contribution in [-0.4, -0.2) is 5.97 Å². The summed E-state index contributed by atoms with van der Waals surface area (Å²) >= 11 is 0. The molecule has 1 heterocycles. The van der Waals surface area contributed by atoms with E-state index in [9.17, 15) is 4.79 Å². The van der Waals surface area contributed by atoms with Gasteiger partial charge in [0.2, 0.25) is 0 Å². The van der Waals surface area contributed by atoms with Gasteiger partial charge < -0.3 is 4.74 Å². The van der Waals surface area contributed by atoms with Crippen molar-refractivity contribution in [2.24, 2.45) is 0 Å². The molecule has 15 heavy (non-hydrogen) atoms. The summed E-state index contributed by atoms with van der Waals surface area (Å²) in [7, 11) is 0. The molecule has 0 N–H and O–H groups in total. The quantitative estimate of drug-likeness (QED) is 0.362. The topological polar surface area (TPSA) is 26.3 Å². The summed E-state index contributed by atoms with van der Waals surface area (Å²) in [5, 5.41) is 0. The van der Waals surface area contributed by atoms with Crippen LogP contribution >= 0.6 is 0 Å². The summed E-state index contributed by atoms with van der Waals surface area (Å²) in [6.45, 7) is 3.50. The summed E-state index contributed by atoms with van der Waals surface area (Å²) in [5.41, 5.74) is 0. The van der Waals surface area contributed by atoms with Gasteiger partial charge in [-0.25, -0.2) is 4.79 Å². The molecule has 0 spiro atoms. The van der Waals surface area contributed by atoms with Gasteiger partial charge in [0.25, 0.3) is 0 Å². The van der Waals surface area contributed by atoms with Crippen LogP contribution in [-0.2, 0) is 9.53 Å². The predicted molar refractivity (Wildman–Crippen MR) is 58.2 cm³/mol. The molecule has 0 aromatic carbocycles. The van der Waals surface area contributed by atoms with E-state index in [0.29, 0.717) is 5.76 Å². The first-order valence-corrected chi connectivity index (χ1v) is 4.21. The van der Waals surface area contributed by atoms with Crippen LogP contribution in [0.25, 0.3) is 0 Å². The van der Waals surface area contributed by atoms with Gasteiger partial charge in [-0.05, 0) is 24.0 Å². The van der Waals surface area contributed by atoms with Gasteiger partial charge in [0.05, 0.1) is 0 Å². The second kappa shape index (κ2) is 6.07. The minimum atomic E-state index is -0.372. The number of carbonyl (C=O) groups excluding carboxylic acids is 1. The number of cyclic esters (lactones) is 1. The first-order valence-electron chi connectivity index (χ1n) is 4.21. The van der Waals surface area contributed by atoms with E-state index in [1.165, 1.54) is 12.2 Å². The molecule has 0 atom stereocenters. The Kier molecular flexibility index (Phi) is 4.30. The zero-order valence-electron chi connectivity index (χ0n) is 7.99. The van der Waals surface area contributed by atoms with Crippen molar-refractivity contribution in [1.29, 1.82) is 0 Å². The third-order valence-electron chi connectivity index (χ3n) is 1.34. The number of carbonyl (C=O) groups is 1. The first-order chi connectivity index (χ1) is 7.33. The highest BCUT2D eigenvalue weighted by molar-refractivity contribution is 5.86. The van der Waals surface area contributed by atoms with E-state index in [2.05, 4.69) is 30.3 Å². The Balaban J connectivity index is 2.49. The van der Waals surface area contributed by atoms with Crippen LogP contribution < -0.4 is 0 Å². The van der Waals surface area contributed by atoms with Crippen molar-refractivity contribution in [2.45, 2.75) is 0 Å². The van der Waals surface area contributed by atoms with Crippen LogP contribution in [0.4, 0.5) is 0 Å². The molecule has 0 fully saturated rings. The van der Waals surface area contributed by atoms with Gasteiger partial charge in [-0.2, -0.15) is 0 Å². The molecule has 2 heteroatoms. The maximum Gasteiger partial charge on any atom is 0.336 e. The Bertz CT molecular complexity index is 468. The Morgan fingerprint density at radius 2 is 2.07 bits per heavy atom. The molecule has 0 saturated heterocycles. The fourth-order valence-electron chi connectivity index (χ4n) is 0.749. The van der Waals surface area contributed by atoms with Gasteiger partial charge in [0.15, 0.2) is 0 Å². The molecule has 0 aromatic heterocycles. The Morgan fingerprint density at radius 1 is 1.27 bits per heavy atom. The molecule has 72 valence electrons. The predicted octanol–water partition coefficient (Wildman–Crippen LogP) is 1.73. The van der Waals surface area contributed by atoms with Crippen molar-refractivity contribution < 1.29 is 9.53 Å². The molecule has 0 unspecified atom stereocenters. The highest BCUT2D eigenvalue weighted by Gasteiger charge is 2.07. The lowest BCUT2D eigenvalue weighted by Gasteiger charge is -1.88. The van der Waals surface area contributed by atoms with E-state index < -0.39 is 0 Å². The van der Waals surface area contributed by atoms with Crippen molar-refractivity contribution in [3.05, 3.63) is 48.8 Å². The molecule has 1 rings (SSSR count). The molecular formula is C13H8O2. The van der Waals surface area contributed by atoms with Gasteiger partial charge in [-0.15, -0.1) is 0 Å². The highest BCUT2D eigenvalue weighted by atomic mass is 16.5. The van der Waals surface area contributed by atoms with Crippen LogP contribution in [0.1, 0.15) is 0 Å². The van der Waals surface area contributed by atoms with Gasteiger partial charge in [0, 0.05) is 12.2 Å². The lowest BCUT2D eigenvalue weighted by molar-refractivity contribution is -0.132. The normalized spacial score (nSPS) is 15.5. The van der Waals surface area contributed by atoms with E-state index in [1.807, 2.05) is 0 Å². The van der Waals surface area contributed by atoms with Crippen molar-refractivity contribution in [2.75, 3.05) is 0 Å². The molecule has 0 aliphatic carbocycles. The second-order valence-electron chi connectivity index (χ2n) is 2.43. The lowest BCUT2D eigenvalue weighted by Crippen LogP contribution is -1.89. The monoisotopic (exact) mass is 196 g/mol. The summed E-state index contributed by atoms with van der Waals surface area (Å²) in [5.74, 6) is 10.6. The van der Waals surface area contributed by atoms with E-state index in [0.717, 1.165) is 0 Å². The van der Waals surface area contributed by atoms with Crippen molar-refractivity contribution in [1.82, 2.24) is 0 Å². The number of allylic oxidation sites excluding steroid dienone is 5. The number of hydrogen-bond acceptors (Lipinski definition) is 2. The van der Waals surface area contributed by atoms with Crippen LogP contribution in [0.2, 0.25) is 0 Å². The van der Waals surface area contributed by atoms with Crippen LogP contribution in [0.15, 0.2) is 48.8 Å². The van der Waals surface area contributed by atoms with E-state index in [4.69, 9.17) is 4.74 Å². The Hall–Kier alpha value is -2.45. The molecule has 0 radical (unpaired) electrons. The third-order valence-corrected chi connectivity index (χ3v) is 1.34. The second-order valence-corrected chi connectivity index (χ2v) is 2.43. The zero-order valence-corrected chi connectivity index (χ0v) is 7.99. The molecule has 0 saturated carbocycles. The highest BCUT2D eigenvalue weighted by Crippen LogP contribution is 2.07. The number of rotatable bonds is 1. The fourth-order valence-corrected chi connectivity index (χ4v) is 0.749. The maximum absolute atomic E-state index is 10.6. The number of esters is 1. The van der Waals surface area contributed by atoms with Crippen LogP contribution in [0.3, 0.4) is 0 Å². The largest absolute Gasteiger partial charge is 0.423 e. The minimum absolute atomic E-state index is 0.372. The average molecular weight is 196 g/mol. The summed E-state index contributed by atoms with van der Waals surface area (Å²) in [6.07, 6.45) is 9.38. The van der Waals surface area contributed by atoms with Gasteiger partial charge in [-0.1, -0.05) is 30.6 Å². The van der Waals surface area contributed by atoms with E-state index >= 15 is 0 Å². The maximum atomic E-state index is 10.6. The first kappa shape index (κ1) is 10.6. The van der Waals surface area contributed by atoms with Crippen molar-refractivity contribution in [3.8, 4) is 23.7 Å². The van der Waals surface area contributed by atoms with E-state index in [-0.39, 0.29) is 5.97 Å². The van der Waals surface area contributed by atoms with Crippen molar-refractivity contribution >= 4 is 5.97 Å². The standard InChI is InChI=1S/C13H8O2/c1-2-3-4-5-6-7-8-9-12-10-11-13(14)15-12/h2-4,9-11H,1H2. The van der Waals surface area contributed by atoms with Gasteiger partial charge in [-0.3, -0.25) is 0 Å². The summed E-state index contributed by atoms with van der Waals surface area (Å²) in [6, 6.07) is 0. The lowest BCUT2D eigenvalue weighted by atomic mass is 10.4. The molecule has 0 amide bonds. The average Bonchev–Trinajstić information content (AvgIpc) is 2.63. The minimum Gasteiger partial charge on any atom is -0.423 e. The number of ether oxygens (including phenoxy) is 1. The number of hydrogen-bond donors (Lipinski definition) is 0. The molecular weight excluding hydrogens is 188 g/mol. The SMILES string of the molecule is C=CC=CC#CC#CC=C1C=CC(=O)O1. The molecule has 0 aromatic rings.